The summed E-state index contributed by atoms with van der Waals surface area (Å²) in [6.45, 7) is 6.74. The highest BCUT2D eigenvalue weighted by molar-refractivity contribution is 5.94. The molecule has 0 spiro atoms. The van der Waals surface area contributed by atoms with E-state index in [9.17, 15) is 4.79 Å². The first-order chi connectivity index (χ1) is 10.6. The first kappa shape index (κ1) is 15.9. The third kappa shape index (κ3) is 4.52. The van der Waals surface area contributed by atoms with E-state index in [-0.39, 0.29) is 12.5 Å². The number of anilines is 2. The van der Waals surface area contributed by atoms with E-state index >= 15 is 0 Å². The molecule has 0 aliphatic heterocycles. The number of aryl methyl sites for hydroxylation is 2. The topological polar surface area (TPSA) is 50.4 Å². The SMILES string of the molecule is CCOc1ccccc1NCC(=O)Nc1cc(C)cc(C)c1. The fourth-order valence-electron chi connectivity index (χ4n) is 2.32. The fourth-order valence-corrected chi connectivity index (χ4v) is 2.32. The normalized spacial score (nSPS) is 10.1. The zero-order valence-corrected chi connectivity index (χ0v) is 13.3. The lowest BCUT2D eigenvalue weighted by Crippen LogP contribution is -2.22. The van der Waals surface area contributed by atoms with Gasteiger partial charge >= 0.3 is 0 Å². The Labute approximate surface area is 131 Å². The predicted molar refractivity (Wildman–Crippen MR) is 90.6 cm³/mol. The number of hydrogen-bond acceptors (Lipinski definition) is 3. The molecule has 0 radical (unpaired) electrons. The first-order valence-electron chi connectivity index (χ1n) is 7.42. The van der Waals surface area contributed by atoms with Crippen LogP contribution in [0.4, 0.5) is 11.4 Å². The summed E-state index contributed by atoms with van der Waals surface area (Å²) in [6, 6.07) is 13.6. The average Bonchev–Trinajstić information content (AvgIpc) is 2.45. The van der Waals surface area contributed by atoms with Crippen molar-refractivity contribution in [2.45, 2.75) is 20.8 Å². The van der Waals surface area contributed by atoms with Crippen molar-refractivity contribution < 1.29 is 9.53 Å². The lowest BCUT2D eigenvalue weighted by Gasteiger charge is -2.12. The number of hydrogen-bond donors (Lipinski definition) is 2. The van der Waals surface area contributed by atoms with Gasteiger partial charge in [-0.05, 0) is 56.2 Å². The standard InChI is InChI=1S/C18H22N2O2/c1-4-22-17-8-6-5-7-16(17)19-12-18(21)20-15-10-13(2)9-14(3)11-15/h5-11,19H,4,12H2,1-3H3,(H,20,21). The Morgan fingerprint density at radius 3 is 2.45 bits per heavy atom. The third-order valence-corrected chi connectivity index (χ3v) is 3.13. The lowest BCUT2D eigenvalue weighted by atomic mass is 10.1. The molecule has 0 aliphatic rings. The largest absolute Gasteiger partial charge is 0.492 e. The van der Waals surface area contributed by atoms with Gasteiger partial charge in [0.15, 0.2) is 0 Å². The monoisotopic (exact) mass is 298 g/mol. The summed E-state index contributed by atoms with van der Waals surface area (Å²) in [6.07, 6.45) is 0. The number of rotatable bonds is 6. The Morgan fingerprint density at radius 2 is 1.77 bits per heavy atom. The van der Waals surface area contributed by atoms with Gasteiger partial charge in [-0.25, -0.2) is 0 Å². The van der Waals surface area contributed by atoms with Gasteiger partial charge in [0.1, 0.15) is 5.75 Å². The van der Waals surface area contributed by atoms with E-state index in [1.54, 1.807) is 0 Å². The molecular formula is C18H22N2O2. The van der Waals surface area contributed by atoms with Crippen LogP contribution in [0.3, 0.4) is 0 Å². The summed E-state index contributed by atoms with van der Waals surface area (Å²) in [5, 5.41) is 6.01. The van der Waals surface area contributed by atoms with Crippen LogP contribution in [-0.4, -0.2) is 19.1 Å². The van der Waals surface area contributed by atoms with Crippen LogP contribution in [0.15, 0.2) is 42.5 Å². The average molecular weight is 298 g/mol. The molecule has 4 nitrogen and oxygen atoms in total. The second-order valence-corrected chi connectivity index (χ2v) is 5.21. The maximum absolute atomic E-state index is 12.1. The minimum absolute atomic E-state index is 0.0868. The van der Waals surface area contributed by atoms with Crippen LogP contribution in [0.25, 0.3) is 0 Å². The minimum atomic E-state index is -0.0868. The van der Waals surface area contributed by atoms with Gasteiger partial charge in [-0.15, -0.1) is 0 Å². The molecular weight excluding hydrogens is 276 g/mol. The predicted octanol–water partition coefficient (Wildman–Crippen LogP) is 3.75. The van der Waals surface area contributed by atoms with Gasteiger partial charge in [-0.2, -0.15) is 0 Å². The van der Waals surface area contributed by atoms with Gasteiger partial charge in [0.05, 0.1) is 18.8 Å². The highest BCUT2D eigenvalue weighted by Gasteiger charge is 2.06. The van der Waals surface area contributed by atoms with Crippen molar-refractivity contribution in [1.29, 1.82) is 0 Å². The summed E-state index contributed by atoms with van der Waals surface area (Å²) in [5.74, 6) is 0.667. The van der Waals surface area contributed by atoms with Crippen molar-refractivity contribution in [2.75, 3.05) is 23.8 Å². The second kappa shape index (κ2) is 7.50. The van der Waals surface area contributed by atoms with Gasteiger partial charge in [-0.1, -0.05) is 18.2 Å². The van der Waals surface area contributed by atoms with Crippen molar-refractivity contribution in [3.8, 4) is 5.75 Å². The smallest absolute Gasteiger partial charge is 0.243 e. The van der Waals surface area contributed by atoms with E-state index in [4.69, 9.17) is 4.74 Å². The Bertz CT molecular complexity index is 633. The van der Waals surface area contributed by atoms with Crippen molar-refractivity contribution >= 4 is 17.3 Å². The van der Waals surface area contributed by atoms with Gasteiger partial charge in [-0.3, -0.25) is 4.79 Å². The fraction of sp³-hybridized carbons (Fsp3) is 0.278. The maximum Gasteiger partial charge on any atom is 0.243 e. The van der Waals surface area contributed by atoms with Crippen LogP contribution in [0.2, 0.25) is 0 Å². The number of para-hydroxylation sites is 2. The maximum atomic E-state index is 12.1. The van der Waals surface area contributed by atoms with E-state index in [0.29, 0.717) is 6.61 Å². The number of nitrogens with one attached hydrogen (secondary N) is 2. The van der Waals surface area contributed by atoms with Crippen LogP contribution < -0.4 is 15.4 Å². The number of amides is 1. The summed E-state index contributed by atoms with van der Waals surface area (Å²) < 4.78 is 5.52. The molecule has 0 aromatic heterocycles. The van der Waals surface area contributed by atoms with Crippen molar-refractivity contribution in [3.05, 3.63) is 53.6 Å². The van der Waals surface area contributed by atoms with Crippen LogP contribution in [0, 0.1) is 13.8 Å². The summed E-state index contributed by atoms with van der Waals surface area (Å²) in [4.78, 5) is 12.1. The number of benzene rings is 2. The molecule has 0 saturated heterocycles. The van der Waals surface area contributed by atoms with Crippen LogP contribution in [-0.2, 0) is 4.79 Å². The Hall–Kier alpha value is -2.49. The molecule has 0 unspecified atom stereocenters. The molecule has 2 N–H and O–H groups in total. The van der Waals surface area contributed by atoms with E-state index < -0.39 is 0 Å². The molecule has 22 heavy (non-hydrogen) atoms. The van der Waals surface area contributed by atoms with Gasteiger partial charge in [0, 0.05) is 5.69 Å². The molecule has 2 aromatic rings. The van der Waals surface area contributed by atoms with Crippen LogP contribution in [0.1, 0.15) is 18.1 Å². The molecule has 0 aliphatic carbocycles. The first-order valence-corrected chi connectivity index (χ1v) is 7.42. The Kier molecular flexibility index (Phi) is 5.42. The Morgan fingerprint density at radius 1 is 1.09 bits per heavy atom. The molecule has 0 fully saturated rings. The second-order valence-electron chi connectivity index (χ2n) is 5.21. The highest BCUT2D eigenvalue weighted by Crippen LogP contribution is 2.23. The lowest BCUT2D eigenvalue weighted by molar-refractivity contribution is -0.114. The highest BCUT2D eigenvalue weighted by atomic mass is 16.5. The zero-order chi connectivity index (χ0) is 15.9. The summed E-state index contributed by atoms with van der Waals surface area (Å²) in [7, 11) is 0. The Balaban J connectivity index is 1.95. The molecule has 0 bridgehead atoms. The van der Waals surface area contributed by atoms with Crippen molar-refractivity contribution in [1.82, 2.24) is 0 Å². The van der Waals surface area contributed by atoms with E-state index in [2.05, 4.69) is 16.7 Å². The quantitative estimate of drug-likeness (QED) is 0.854. The number of carbonyl (C=O) groups excluding carboxylic acids is 1. The van der Waals surface area contributed by atoms with E-state index in [1.165, 1.54) is 0 Å². The van der Waals surface area contributed by atoms with E-state index in [0.717, 1.165) is 28.3 Å². The molecule has 2 rings (SSSR count). The minimum Gasteiger partial charge on any atom is -0.492 e. The van der Waals surface area contributed by atoms with Crippen LogP contribution >= 0.6 is 0 Å². The summed E-state index contributed by atoms with van der Waals surface area (Å²) in [5.41, 5.74) is 3.90. The molecule has 0 saturated carbocycles. The van der Waals surface area contributed by atoms with Crippen molar-refractivity contribution in [3.63, 3.8) is 0 Å². The van der Waals surface area contributed by atoms with Crippen molar-refractivity contribution in [2.24, 2.45) is 0 Å². The van der Waals surface area contributed by atoms with Gasteiger partial charge < -0.3 is 15.4 Å². The number of ether oxygens (including phenoxy) is 1. The molecule has 0 atom stereocenters. The van der Waals surface area contributed by atoms with Crippen LogP contribution in [0.5, 0.6) is 5.75 Å². The van der Waals surface area contributed by atoms with Gasteiger partial charge in [0.2, 0.25) is 5.91 Å². The molecule has 0 heterocycles. The zero-order valence-electron chi connectivity index (χ0n) is 13.3. The van der Waals surface area contributed by atoms with E-state index in [1.807, 2.05) is 57.2 Å². The molecule has 116 valence electrons. The van der Waals surface area contributed by atoms with Gasteiger partial charge in [0.25, 0.3) is 0 Å². The molecule has 4 heteroatoms. The number of carbonyl (C=O) groups is 1. The third-order valence-electron chi connectivity index (χ3n) is 3.13. The molecule has 1 amide bonds. The summed E-state index contributed by atoms with van der Waals surface area (Å²) >= 11 is 0. The molecule has 2 aromatic carbocycles.